The minimum Gasteiger partial charge on any atom is -0.471 e. The molecule has 3 aromatic rings. The second-order valence-corrected chi connectivity index (χ2v) is 7.16. The van der Waals surface area contributed by atoms with Gasteiger partial charge in [0, 0.05) is 18.3 Å². The van der Waals surface area contributed by atoms with E-state index >= 15 is 0 Å². The molecule has 1 atom stereocenters. The molecular formula is C20H20ClN5O3. The number of nitrogens with one attached hydrogen (secondary N) is 1. The summed E-state index contributed by atoms with van der Waals surface area (Å²) in [7, 11) is 0. The zero-order valence-electron chi connectivity index (χ0n) is 15.8. The van der Waals surface area contributed by atoms with Crippen molar-refractivity contribution in [2.75, 3.05) is 13.2 Å². The van der Waals surface area contributed by atoms with Gasteiger partial charge in [0.2, 0.25) is 5.88 Å². The van der Waals surface area contributed by atoms with E-state index < -0.39 is 0 Å². The fraction of sp³-hybridized carbons (Fsp3) is 0.300. The molecule has 150 valence electrons. The van der Waals surface area contributed by atoms with Crippen molar-refractivity contribution >= 4 is 17.5 Å². The van der Waals surface area contributed by atoms with Crippen LogP contribution in [-0.4, -0.2) is 45.0 Å². The average molecular weight is 414 g/mol. The summed E-state index contributed by atoms with van der Waals surface area (Å²) in [5.74, 6) is 0.605. The van der Waals surface area contributed by atoms with E-state index in [0.717, 1.165) is 17.7 Å². The smallest absolute Gasteiger partial charge is 0.253 e. The minimum absolute atomic E-state index is 0.0622. The van der Waals surface area contributed by atoms with Crippen molar-refractivity contribution in [3.8, 4) is 11.6 Å². The van der Waals surface area contributed by atoms with E-state index in [1.165, 1.54) is 6.20 Å². The SMILES string of the molecule is Cc1ccc(-n2cnnc2CNC(=O)c2cnc(OC3CCOC3)c(Cl)c2)cc1. The van der Waals surface area contributed by atoms with E-state index in [1.54, 1.807) is 12.4 Å². The number of benzene rings is 1. The molecule has 1 aliphatic heterocycles. The molecule has 9 heteroatoms. The Kier molecular flexibility index (Phi) is 5.73. The summed E-state index contributed by atoms with van der Waals surface area (Å²) >= 11 is 6.23. The number of aromatic nitrogens is 4. The van der Waals surface area contributed by atoms with Crippen molar-refractivity contribution in [1.29, 1.82) is 0 Å². The van der Waals surface area contributed by atoms with Gasteiger partial charge in [-0.2, -0.15) is 0 Å². The van der Waals surface area contributed by atoms with Crippen molar-refractivity contribution in [3.63, 3.8) is 0 Å². The first-order chi connectivity index (χ1) is 14.1. The third-order valence-electron chi connectivity index (χ3n) is 4.57. The molecule has 0 bridgehead atoms. The molecule has 8 nitrogen and oxygen atoms in total. The Morgan fingerprint density at radius 3 is 2.93 bits per heavy atom. The molecule has 1 saturated heterocycles. The molecule has 1 aliphatic rings. The van der Waals surface area contributed by atoms with Crippen LogP contribution in [0.25, 0.3) is 5.69 Å². The van der Waals surface area contributed by atoms with E-state index in [1.807, 2.05) is 35.8 Å². The first-order valence-electron chi connectivity index (χ1n) is 9.24. The lowest BCUT2D eigenvalue weighted by atomic mass is 10.2. The predicted molar refractivity (Wildman–Crippen MR) is 106 cm³/mol. The lowest BCUT2D eigenvalue weighted by molar-refractivity contribution is 0.0949. The number of carbonyl (C=O) groups is 1. The molecular weight excluding hydrogens is 394 g/mol. The van der Waals surface area contributed by atoms with E-state index in [-0.39, 0.29) is 23.6 Å². The van der Waals surface area contributed by atoms with Gasteiger partial charge in [0.25, 0.3) is 5.91 Å². The van der Waals surface area contributed by atoms with Crippen LogP contribution in [0.5, 0.6) is 5.88 Å². The number of rotatable bonds is 6. The monoisotopic (exact) mass is 413 g/mol. The zero-order chi connectivity index (χ0) is 20.2. The van der Waals surface area contributed by atoms with E-state index in [0.29, 0.717) is 30.5 Å². The largest absolute Gasteiger partial charge is 0.471 e. The maximum atomic E-state index is 12.5. The molecule has 1 amide bonds. The van der Waals surface area contributed by atoms with Gasteiger partial charge in [-0.1, -0.05) is 29.3 Å². The molecule has 1 N–H and O–H groups in total. The third-order valence-corrected chi connectivity index (χ3v) is 4.84. The van der Waals surface area contributed by atoms with Crippen LogP contribution in [0.4, 0.5) is 0 Å². The number of halogens is 1. The quantitative estimate of drug-likeness (QED) is 0.668. The topological polar surface area (TPSA) is 91.2 Å². The Hall–Kier alpha value is -2.97. The number of hydrogen-bond acceptors (Lipinski definition) is 6. The summed E-state index contributed by atoms with van der Waals surface area (Å²) in [6.07, 6.45) is 3.79. The highest BCUT2D eigenvalue weighted by Crippen LogP contribution is 2.25. The highest BCUT2D eigenvalue weighted by atomic mass is 35.5. The third kappa shape index (κ3) is 4.55. The first-order valence-corrected chi connectivity index (χ1v) is 9.62. The van der Waals surface area contributed by atoms with Crippen LogP contribution >= 0.6 is 11.6 Å². The molecule has 4 rings (SSSR count). The van der Waals surface area contributed by atoms with Gasteiger partial charge < -0.3 is 14.8 Å². The second-order valence-electron chi connectivity index (χ2n) is 6.75. The Labute approximate surface area is 172 Å². The summed E-state index contributed by atoms with van der Waals surface area (Å²) in [5.41, 5.74) is 2.42. The van der Waals surface area contributed by atoms with Gasteiger partial charge in [-0.3, -0.25) is 9.36 Å². The molecule has 0 spiro atoms. The van der Waals surface area contributed by atoms with E-state index in [4.69, 9.17) is 21.1 Å². The van der Waals surface area contributed by atoms with Gasteiger partial charge in [0.1, 0.15) is 17.5 Å². The fourth-order valence-electron chi connectivity index (χ4n) is 2.96. The standard InChI is InChI=1S/C20H20ClN5O3/c1-13-2-4-15(5-3-13)26-12-24-25-18(26)10-22-19(27)14-8-17(21)20(23-9-14)29-16-6-7-28-11-16/h2-5,8-9,12,16H,6-7,10-11H2,1H3,(H,22,27). The van der Waals surface area contributed by atoms with Gasteiger partial charge in [-0.25, -0.2) is 4.98 Å². The number of ether oxygens (including phenoxy) is 2. The van der Waals surface area contributed by atoms with Crippen molar-refractivity contribution in [1.82, 2.24) is 25.1 Å². The minimum atomic E-state index is -0.311. The van der Waals surface area contributed by atoms with Gasteiger partial charge in [0.15, 0.2) is 5.82 Å². The fourth-order valence-corrected chi connectivity index (χ4v) is 3.17. The summed E-state index contributed by atoms with van der Waals surface area (Å²) in [4.78, 5) is 16.7. The Morgan fingerprint density at radius 2 is 2.21 bits per heavy atom. The van der Waals surface area contributed by atoms with Crippen molar-refractivity contribution < 1.29 is 14.3 Å². The van der Waals surface area contributed by atoms with Crippen LogP contribution in [0.15, 0.2) is 42.9 Å². The molecule has 0 aliphatic carbocycles. The van der Waals surface area contributed by atoms with E-state index in [2.05, 4.69) is 20.5 Å². The normalized spacial score (nSPS) is 16.0. The number of aryl methyl sites for hydroxylation is 1. The van der Waals surface area contributed by atoms with Crippen LogP contribution in [0, 0.1) is 6.92 Å². The van der Waals surface area contributed by atoms with Crippen LogP contribution in [0.2, 0.25) is 5.02 Å². The van der Waals surface area contributed by atoms with Crippen LogP contribution in [-0.2, 0) is 11.3 Å². The highest BCUT2D eigenvalue weighted by molar-refractivity contribution is 6.32. The molecule has 1 aromatic carbocycles. The molecule has 1 unspecified atom stereocenters. The van der Waals surface area contributed by atoms with Crippen LogP contribution in [0.3, 0.4) is 0 Å². The average Bonchev–Trinajstić information content (AvgIpc) is 3.40. The van der Waals surface area contributed by atoms with Crippen molar-refractivity contribution in [2.45, 2.75) is 26.0 Å². The molecule has 3 heterocycles. The summed E-state index contributed by atoms with van der Waals surface area (Å²) in [6, 6.07) is 9.50. The first kappa shape index (κ1) is 19.4. The Bertz CT molecular complexity index is 1000. The predicted octanol–water partition coefficient (Wildman–Crippen LogP) is 2.72. The summed E-state index contributed by atoms with van der Waals surface area (Å²) in [6.45, 7) is 3.41. The lowest BCUT2D eigenvalue weighted by Gasteiger charge is -2.13. The maximum absolute atomic E-state index is 12.5. The number of hydrogen-bond donors (Lipinski definition) is 1. The molecule has 2 aromatic heterocycles. The number of amides is 1. The molecule has 0 saturated carbocycles. The van der Waals surface area contributed by atoms with E-state index in [9.17, 15) is 4.79 Å². The molecule has 29 heavy (non-hydrogen) atoms. The van der Waals surface area contributed by atoms with Gasteiger partial charge in [0.05, 0.1) is 25.3 Å². The van der Waals surface area contributed by atoms with Gasteiger partial charge >= 0.3 is 0 Å². The van der Waals surface area contributed by atoms with Gasteiger partial charge in [-0.15, -0.1) is 10.2 Å². The second kappa shape index (κ2) is 8.59. The summed E-state index contributed by atoms with van der Waals surface area (Å²) < 4.78 is 12.8. The number of carbonyl (C=O) groups excluding carboxylic acids is 1. The number of pyridine rings is 1. The molecule has 1 fully saturated rings. The van der Waals surface area contributed by atoms with Crippen LogP contribution in [0.1, 0.15) is 28.2 Å². The van der Waals surface area contributed by atoms with Gasteiger partial charge in [-0.05, 0) is 25.1 Å². The van der Waals surface area contributed by atoms with Crippen LogP contribution < -0.4 is 10.1 Å². The van der Waals surface area contributed by atoms with Crippen molar-refractivity contribution in [3.05, 3.63) is 64.8 Å². The molecule has 0 radical (unpaired) electrons. The highest BCUT2D eigenvalue weighted by Gasteiger charge is 2.20. The Balaban J connectivity index is 1.41. The number of nitrogens with zero attached hydrogens (tertiary/aromatic N) is 4. The lowest BCUT2D eigenvalue weighted by Crippen LogP contribution is -2.25. The van der Waals surface area contributed by atoms with Crippen molar-refractivity contribution in [2.24, 2.45) is 0 Å². The maximum Gasteiger partial charge on any atom is 0.253 e. The summed E-state index contributed by atoms with van der Waals surface area (Å²) in [5, 5.41) is 11.1. The Morgan fingerprint density at radius 1 is 1.38 bits per heavy atom. The zero-order valence-corrected chi connectivity index (χ0v) is 16.6.